The highest BCUT2D eigenvalue weighted by molar-refractivity contribution is 7.88. The first-order valence-corrected chi connectivity index (χ1v) is 9.48. The first-order valence-electron chi connectivity index (χ1n) is 7.87. The van der Waals surface area contributed by atoms with Crippen molar-refractivity contribution in [2.75, 3.05) is 26.2 Å². The number of amides is 2. The number of rotatable bonds is 4. The van der Waals surface area contributed by atoms with E-state index in [0.29, 0.717) is 26.2 Å². The van der Waals surface area contributed by atoms with Crippen LogP contribution in [0.3, 0.4) is 0 Å². The highest BCUT2D eigenvalue weighted by Crippen LogP contribution is 2.16. The van der Waals surface area contributed by atoms with Crippen LogP contribution in [0, 0.1) is 6.92 Å². The molecule has 1 N–H and O–H groups in total. The number of sulfonamides is 1. The summed E-state index contributed by atoms with van der Waals surface area (Å²) in [5.74, 6) is 0.0118. The number of hydrogen-bond acceptors (Lipinski definition) is 3. The van der Waals surface area contributed by atoms with Gasteiger partial charge in [0.15, 0.2) is 0 Å². The van der Waals surface area contributed by atoms with E-state index >= 15 is 0 Å². The molecule has 1 aliphatic rings. The van der Waals surface area contributed by atoms with Crippen molar-refractivity contribution in [3.05, 3.63) is 35.4 Å². The molecular weight excluding hydrogens is 314 g/mol. The smallest absolute Gasteiger partial charge is 0.317 e. The maximum absolute atomic E-state index is 12.6. The van der Waals surface area contributed by atoms with E-state index < -0.39 is 10.0 Å². The van der Waals surface area contributed by atoms with Gasteiger partial charge in [0.25, 0.3) is 0 Å². The molecule has 1 aromatic carbocycles. The predicted octanol–water partition coefficient (Wildman–Crippen LogP) is 1.56. The van der Waals surface area contributed by atoms with Crippen molar-refractivity contribution in [3.63, 3.8) is 0 Å². The van der Waals surface area contributed by atoms with Crippen LogP contribution in [0.1, 0.15) is 25.0 Å². The molecule has 0 unspecified atom stereocenters. The van der Waals surface area contributed by atoms with Crippen LogP contribution < -0.4 is 5.32 Å². The van der Waals surface area contributed by atoms with Crippen molar-refractivity contribution >= 4 is 16.1 Å². The Bertz CT molecular complexity index is 650. The zero-order valence-electron chi connectivity index (χ0n) is 13.9. The Morgan fingerprint density at radius 3 is 2.35 bits per heavy atom. The van der Waals surface area contributed by atoms with Gasteiger partial charge in [-0.2, -0.15) is 4.31 Å². The summed E-state index contributed by atoms with van der Waals surface area (Å²) in [4.78, 5) is 13.6. The summed E-state index contributed by atoms with van der Waals surface area (Å²) in [5, 5.41) is 2.83. The minimum absolute atomic E-state index is 0.0118. The van der Waals surface area contributed by atoms with Gasteiger partial charge in [0.1, 0.15) is 0 Å². The number of piperazine rings is 1. The molecule has 128 valence electrons. The van der Waals surface area contributed by atoms with Crippen LogP contribution in [0.4, 0.5) is 4.79 Å². The second-order valence-electron chi connectivity index (χ2n) is 6.17. The summed E-state index contributed by atoms with van der Waals surface area (Å²) in [7, 11) is -3.36. The quantitative estimate of drug-likeness (QED) is 0.905. The Morgan fingerprint density at radius 2 is 1.78 bits per heavy atom. The molecule has 1 fully saturated rings. The van der Waals surface area contributed by atoms with Gasteiger partial charge in [-0.25, -0.2) is 13.2 Å². The standard InChI is InChI=1S/C16H25N3O3S/c1-13(2)17-16(20)18-8-10-19(11-9-18)23(21,22)12-15-7-5-4-6-14(15)3/h4-7,13H,8-12H2,1-3H3,(H,17,20). The molecule has 0 spiro atoms. The zero-order chi connectivity index (χ0) is 17.0. The molecule has 0 aromatic heterocycles. The summed E-state index contributed by atoms with van der Waals surface area (Å²) in [6.45, 7) is 7.26. The number of benzene rings is 1. The van der Waals surface area contributed by atoms with Crippen LogP contribution in [0.25, 0.3) is 0 Å². The van der Waals surface area contributed by atoms with Crippen molar-refractivity contribution in [2.45, 2.75) is 32.6 Å². The van der Waals surface area contributed by atoms with Crippen LogP contribution in [-0.4, -0.2) is 55.9 Å². The Morgan fingerprint density at radius 1 is 1.17 bits per heavy atom. The van der Waals surface area contributed by atoms with Crippen molar-refractivity contribution < 1.29 is 13.2 Å². The molecule has 7 heteroatoms. The zero-order valence-corrected chi connectivity index (χ0v) is 14.8. The summed E-state index contributed by atoms with van der Waals surface area (Å²) in [6.07, 6.45) is 0. The Labute approximate surface area is 138 Å². The average molecular weight is 339 g/mol. The fourth-order valence-electron chi connectivity index (χ4n) is 2.57. The summed E-state index contributed by atoms with van der Waals surface area (Å²) in [5.41, 5.74) is 1.80. The van der Waals surface area contributed by atoms with E-state index in [1.807, 2.05) is 45.0 Å². The molecular formula is C16H25N3O3S. The summed E-state index contributed by atoms with van der Waals surface area (Å²) < 4.78 is 26.6. The molecule has 6 nitrogen and oxygen atoms in total. The Kier molecular flexibility index (Phi) is 5.64. The van der Waals surface area contributed by atoms with Crippen molar-refractivity contribution in [1.82, 2.24) is 14.5 Å². The molecule has 0 saturated carbocycles. The van der Waals surface area contributed by atoms with E-state index in [1.54, 1.807) is 4.90 Å². The first-order chi connectivity index (χ1) is 10.8. The molecule has 0 atom stereocenters. The number of urea groups is 1. The topological polar surface area (TPSA) is 69.7 Å². The maximum Gasteiger partial charge on any atom is 0.317 e. The normalized spacial score (nSPS) is 16.6. The number of hydrogen-bond donors (Lipinski definition) is 1. The number of carbonyl (C=O) groups excluding carboxylic acids is 1. The Balaban J connectivity index is 1.96. The molecule has 1 aliphatic heterocycles. The van der Waals surface area contributed by atoms with Gasteiger partial charge in [-0.15, -0.1) is 0 Å². The number of nitrogens with one attached hydrogen (secondary N) is 1. The minimum Gasteiger partial charge on any atom is -0.336 e. The number of nitrogens with zero attached hydrogens (tertiary/aromatic N) is 2. The lowest BCUT2D eigenvalue weighted by Crippen LogP contribution is -2.54. The SMILES string of the molecule is Cc1ccccc1CS(=O)(=O)N1CCN(C(=O)NC(C)C)CC1. The third kappa shape index (κ3) is 4.68. The van der Waals surface area contributed by atoms with Gasteiger partial charge in [0.2, 0.25) is 10.0 Å². The van der Waals surface area contributed by atoms with E-state index in [9.17, 15) is 13.2 Å². The third-order valence-electron chi connectivity index (χ3n) is 3.93. The second-order valence-corrected chi connectivity index (χ2v) is 8.14. The van der Waals surface area contributed by atoms with Crippen LogP contribution in [-0.2, 0) is 15.8 Å². The first kappa shape index (κ1) is 17.7. The molecule has 2 amide bonds. The minimum atomic E-state index is -3.36. The second kappa shape index (κ2) is 7.31. The molecule has 2 rings (SSSR count). The number of aryl methyl sites for hydroxylation is 1. The highest BCUT2D eigenvalue weighted by Gasteiger charge is 2.29. The van der Waals surface area contributed by atoms with Crippen LogP contribution in [0.2, 0.25) is 0 Å². The predicted molar refractivity (Wildman–Crippen MR) is 90.6 cm³/mol. The molecule has 1 saturated heterocycles. The fraction of sp³-hybridized carbons (Fsp3) is 0.562. The fourth-order valence-corrected chi connectivity index (χ4v) is 4.19. The van der Waals surface area contributed by atoms with Gasteiger partial charge in [0, 0.05) is 32.2 Å². The molecule has 0 bridgehead atoms. The summed E-state index contributed by atoms with van der Waals surface area (Å²) >= 11 is 0. The molecule has 0 aliphatic carbocycles. The van der Waals surface area contributed by atoms with Crippen LogP contribution >= 0.6 is 0 Å². The van der Waals surface area contributed by atoms with E-state index in [-0.39, 0.29) is 17.8 Å². The van der Waals surface area contributed by atoms with Crippen molar-refractivity contribution in [1.29, 1.82) is 0 Å². The molecule has 0 radical (unpaired) electrons. The van der Waals surface area contributed by atoms with Crippen LogP contribution in [0.15, 0.2) is 24.3 Å². The average Bonchev–Trinajstić information content (AvgIpc) is 2.49. The van der Waals surface area contributed by atoms with Gasteiger partial charge in [0.05, 0.1) is 5.75 Å². The molecule has 1 aromatic rings. The molecule has 23 heavy (non-hydrogen) atoms. The highest BCUT2D eigenvalue weighted by atomic mass is 32.2. The summed E-state index contributed by atoms with van der Waals surface area (Å²) in [6, 6.07) is 7.46. The van der Waals surface area contributed by atoms with Gasteiger partial charge in [-0.1, -0.05) is 24.3 Å². The van der Waals surface area contributed by atoms with Gasteiger partial charge < -0.3 is 10.2 Å². The number of carbonyl (C=O) groups is 1. The monoisotopic (exact) mass is 339 g/mol. The lowest BCUT2D eigenvalue weighted by atomic mass is 10.1. The largest absolute Gasteiger partial charge is 0.336 e. The van der Waals surface area contributed by atoms with Gasteiger partial charge >= 0.3 is 6.03 Å². The van der Waals surface area contributed by atoms with E-state index in [4.69, 9.17) is 0 Å². The lowest BCUT2D eigenvalue weighted by Gasteiger charge is -2.34. The van der Waals surface area contributed by atoms with E-state index in [1.165, 1.54) is 4.31 Å². The van der Waals surface area contributed by atoms with E-state index in [0.717, 1.165) is 11.1 Å². The van der Waals surface area contributed by atoms with Gasteiger partial charge in [-0.3, -0.25) is 0 Å². The van der Waals surface area contributed by atoms with Crippen molar-refractivity contribution in [3.8, 4) is 0 Å². The van der Waals surface area contributed by atoms with E-state index in [2.05, 4.69) is 5.32 Å². The van der Waals surface area contributed by atoms with Crippen molar-refractivity contribution in [2.24, 2.45) is 0 Å². The maximum atomic E-state index is 12.6. The molecule has 1 heterocycles. The third-order valence-corrected chi connectivity index (χ3v) is 5.76. The lowest BCUT2D eigenvalue weighted by molar-refractivity contribution is 0.170. The van der Waals surface area contributed by atoms with Gasteiger partial charge in [-0.05, 0) is 31.9 Å². The Hall–Kier alpha value is -1.60. The van der Waals surface area contributed by atoms with Crippen LogP contribution in [0.5, 0.6) is 0 Å².